The summed E-state index contributed by atoms with van der Waals surface area (Å²) in [6, 6.07) is 10.1. The number of nitriles is 1. The van der Waals surface area contributed by atoms with Gasteiger partial charge < -0.3 is 10.2 Å². The van der Waals surface area contributed by atoms with Gasteiger partial charge >= 0.3 is 0 Å². The van der Waals surface area contributed by atoms with E-state index in [9.17, 15) is 9.59 Å². The topological polar surface area (TPSA) is 86.1 Å². The van der Waals surface area contributed by atoms with Crippen LogP contribution in [0.25, 0.3) is 0 Å². The number of benzene rings is 1. The highest BCUT2D eigenvalue weighted by Gasteiger charge is 2.15. The predicted octanol–water partition coefficient (Wildman–Crippen LogP) is 2.69. The first-order valence-corrected chi connectivity index (χ1v) is 7.64. The van der Waals surface area contributed by atoms with Gasteiger partial charge in [0.1, 0.15) is 0 Å². The van der Waals surface area contributed by atoms with Crippen molar-refractivity contribution in [1.82, 2.24) is 9.88 Å². The second-order valence-corrected chi connectivity index (χ2v) is 5.08. The Morgan fingerprint density at radius 1 is 1.12 bits per heavy atom. The second kappa shape index (κ2) is 7.88. The van der Waals surface area contributed by atoms with Crippen molar-refractivity contribution in [3.05, 3.63) is 59.4 Å². The third-order valence-electron chi connectivity index (χ3n) is 3.57. The van der Waals surface area contributed by atoms with Crippen LogP contribution in [0.15, 0.2) is 42.7 Å². The highest BCUT2D eigenvalue weighted by atomic mass is 16.2. The maximum absolute atomic E-state index is 12.3. The van der Waals surface area contributed by atoms with Crippen LogP contribution in [0.2, 0.25) is 0 Å². The van der Waals surface area contributed by atoms with E-state index in [1.165, 1.54) is 18.5 Å². The Bertz CT molecular complexity index is 774. The van der Waals surface area contributed by atoms with E-state index in [1.807, 2.05) is 19.9 Å². The Hall–Kier alpha value is -3.20. The van der Waals surface area contributed by atoms with Gasteiger partial charge in [0.15, 0.2) is 0 Å². The van der Waals surface area contributed by atoms with Gasteiger partial charge in [0.25, 0.3) is 11.8 Å². The number of carbonyl (C=O) groups excluding carboxylic acids is 2. The number of carbonyl (C=O) groups is 2. The summed E-state index contributed by atoms with van der Waals surface area (Å²) < 4.78 is 0. The molecule has 2 amide bonds. The van der Waals surface area contributed by atoms with Crippen molar-refractivity contribution >= 4 is 17.5 Å². The molecule has 1 aromatic carbocycles. The largest absolute Gasteiger partial charge is 0.339 e. The van der Waals surface area contributed by atoms with E-state index in [4.69, 9.17) is 5.26 Å². The first-order valence-electron chi connectivity index (χ1n) is 7.64. The van der Waals surface area contributed by atoms with Crippen molar-refractivity contribution in [2.75, 3.05) is 18.4 Å². The van der Waals surface area contributed by atoms with Gasteiger partial charge in [-0.1, -0.05) is 0 Å². The molecule has 0 bridgehead atoms. The highest BCUT2D eigenvalue weighted by Crippen LogP contribution is 2.12. The summed E-state index contributed by atoms with van der Waals surface area (Å²) in [4.78, 5) is 30.3. The lowest BCUT2D eigenvalue weighted by Crippen LogP contribution is -2.30. The van der Waals surface area contributed by atoms with Crippen molar-refractivity contribution < 1.29 is 9.59 Å². The van der Waals surface area contributed by atoms with Crippen molar-refractivity contribution in [2.45, 2.75) is 13.8 Å². The van der Waals surface area contributed by atoms with Crippen molar-refractivity contribution in [3.63, 3.8) is 0 Å². The predicted molar refractivity (Wildman–Crippen MR) is 90.6 cm³/mol. The Morgan fingerprint density at radius 3 is 2.33 bits per heavy atom. The average molecular weight is 322 g/mol. The number of aromatic nitrogens is 1. The first kappa shape index (κ1) is 17.2. The number of hydrogen-bond donors (Lipinski definition) is 1. The zero-order valence-corrected chi connectivity index (χ0v) is 13.6. The molecule has 0 saturated carbocycles. The van der Waals surface area contributed by atoms with E-state index in [2.05, 4.69) is 10.3 Å². The Balaban J connectivity index is 2.16. The molecule has 6 nitrogen and oxygen atoms in total. The van der Waals surface area contributed by atoms with E-state index in [0.717, 1.165) is 0 Å². The summed E-state index contributed by atoms with van der Waals surface area (Å²) in [6.45, 7) is 4.99. The molecule has 0 unspecified atom stereocenters. The number of amides is 2. The zero-order valence-electron chi connectivity index (χ0n) is 13.6. The van der Waals surface area contributed by atoms with Crippen LogP contribution in [0.1, 0.15) is 40.1 Å². The SMILES string of the molecule is CCN(CC)C(=O)c1cncc(C(=O)Nc2ccc(C#N)cc2)c1. The van der Waals surface area contributed by atoms with Crippen molar-refractivity contribution in [1.29, 1.82) is 5.26 Å². The monoisotopic (exact) mass is 322 g/mol. The number of hydrogen-bond acceptors (Lipinski definition) is 4. The molecular formula is C18H18N4O2. The molecular weight excluding hydrogens is 304 g/mol. The number of rotatable bonds is 5. The molecule has 1 N–H and O–H groups in total. The van der Waals surface area contributed by atoms with E-state index in [-0.39, 0.29) is 11.8 Å². The van der Waals surface area contributed by atoms with Gasteiger partial charge in [0.05, 0.1) is 22.8 Å². The Labute approximate surface area is 140 Å². The van der Waals surface area contributed by atoms with Gasteiger partial charge in [-0.25, -0.2) is 0 Å². The number of nitrogens with one attached hydrogen (secondary N) is 1. The van der Waals surface area contributed by atoms with Crippen LogP contribution < -0.4 is 5.32 Å². The summed E-state index contributed by atoms with van der Waals surface area (Å²) in [5.41, 5.74) is 1.77. The summed E-state index contributed by atoms with van der Waals surface area (Å²) >= 11 is 0. The van der Waals surface area contributed by atoms with Crippen LogP contribution in [0.3, 0.4) is 0 Å². The van der Waals surface area contributed by atoms with Gasteiger partial charge in [-0.15, -0.1) is 0 Å². The maximum Gasteiger partial charge on any atom is 0.257 e. The fraction of sp³-hybridized carbons (Fsp3) is 0.222. The first-order chi connectivity index (χ1) is 11.6. The average Bonchev–Trinajstić information content (AvgIpc) is 2.63. The van der Waals surface area contributed by atoms with Crippen molar-refractivity contribution in [3.8, 4) is 6.07 Å². The molecule has 0 aliphatic heterocycles. The molecule has 0 radical (unpaired) electrons. The van der Waals surface area contributed by atoms with Gasteiger partial charge in [-0.2, -0.15) is 5.26 Å². The summed E-state index contributed by atoms with van der Waals surface area (Å²) in [5, 5.41) is 11.5. The van der Waals surface area contributed by atoms with E-state index in [0.29, 0.717) is 35.5 Å². The molecule has 0 aliphatic rings. The van der Waals surface area contributed by atoms with Crippen LogP contribution in [0.4, 0.5) is 5.69 Å². The summed E-state index contributed by atoms with van der Waals surface area (Å²) in [6.07, 6.45) is 2.87. The molecule has 122 valence electrons. The second-order valence-electron chi connectivity index (χ2n) is 5.08. The standard InChI is InChI=1S/C18H18N4O2/c1-3-22(4-2)18(24)15-9-14(11-20-12-15)17(23)21-16-7-5-13(10-19)6-8-16/h5-9,11-12H,3-4H2,1-2H3,(H,21,23). The molecule has 2 rings (SSSR count). The minimum Gasteiger partial charge on any atom is -0.339 e. The number of pyridine rings is 1. The molecule has 1 heterocycles. The normalized spacial score (nSPS) is 9.88. The minimum atomic E-state index is -0.360. The fourth-order valence-electron chi connectivity index (χ4n) is 2.21. The summed E-state index contributed by atoms with van der Waals surface area (Å²) in [5.74, 6) is -0.512. The number of anilines is 1. The Kier molecular flexibility index (Phi) is 5.63. The van der Waals surface area contributed by atoms with Crippen molar-refractivity contribution in [2.24, 2.45) is 0 Å². The lowest BCUT2D eigenvalue weighted by atomic mass is 10.1. The molecule has 0 aliphatic carbocycles. The smallest absolute Gasteiger partial charge is 0.257 e. The molecule has 0 spiro atoms. The van der Waals surface area contributed by atoms with Crippen LogP contribution in [-0.4, -0.2) is 34.8 Å². The van der Waals surface area contributed by atoms with Gasteiger partial charge in [-0.05, 0) is 44.2 Å². The Morgan fingerprint density at radius 2 is 1.75 bits per heavy atom. The molecule has 0 saturated heterocycles. The third-order valence-corrected chi connectivity index (χ3v) is 3.57. The molecule has 0 atom stereocenters. The van der Waals surface area contributed by atoms with Crippen LogP contribution in [-0.2, 0) is 0 Å². The van der Waals surface area contributed by atoms with Gasteiger partial charge in [0.2, 0.25) is 0 Å². The quantitative estimate of drug-likeness (QED) is 0.917. The lowest BCUT2D eigenvalue weighted by Gasteiger charge is -2.18. The van der Waals surface area contributed by atoms with E-state index < -0.39 is 0 Å². The minimum absolute atomic E-state index is 0.152. The molecule has 1 aromatic heterocycles. The molecule has 2 aromatic rings. The van der Waals surface area contributed by atoms with Crippen LogP contribution in [0, 0.1) is 11.3 Å². The fourth-order valence-corrected chi connectivity index (χ4v) is 2.21. The van der Waals surface area contributed by atoms with Crippen LogP contribution in [0.5, 0.6) is 0 Å². The van der Waals surface area contributed by atoms with Gasteiger partial charge in [0, 0.05) is 31.2 Å². The summed E-state index contributed by atoms with van der Waals surface area (Å²) in [7, 11) is 0. The van der Waals surface area contributed by atoms with Crippen LogP contribution >= 0.6 is 0 Å². The van der Waals surface area contributed by atoms with E-state index in [1.54, 1.807) is 29.2 Å². The maximum atomic E-state index is 12.3. The van der Waals surface area contributed by atoms with E-state index >= 15 is 0 Å². The molecule has 6 heteroatoms. The third kappa shape index (κ3) is 3.96. The molecule has 0 fully saturated rings. The number of nitrogens with zero attached hydrogens (tertiary/aromatic N) is 3. The lowest BCUT2D eigenvalue weighted by molar-refractivity contribution is 0.0772. The highest BCUT2D eigenvalue weighted by molar-refractivity contribution is 6.05. The molecule has 24 heavy (non-hydrogen) atoms. The zero-order chi connectivity index (χ0) is 17.5. The van der Waals surface area contributed by atoms with Gasteiger partial charge in [-0.3, -0.25) is 14.6 Å².